The summed E-state index contributed by atoms with van der Waals surface area (Å²) in [7, 11) is 0. The van der Waals surface area contributed by atoms with E-state index in [4.69, 9.17) is 64.8 Å². The van der Waals surface area contributed by atoms with Crippen molar-refractivity contribution in [3.63, 3.8) is 0 Å². The number of aliphatic carboxylic acids is 1. The van der Waals surface area contributed by atoms with E-state index in [9.17, 15) is 54.6 Å². The van der Waals surface area contributed by atoms with Crippen molar-refractivity contribution in [3.8, 4) is 0 Å². The average molecular weight is 931 g/mol. The number of carboxylic acid groups (broad SMARTS) is 1. The molecule has 61 heavy (non-hydrogen) atoms. The number of esters is 1. The number of nitrogens with zero attached hydrogens (tertiary/aromatic N) is 9. The molecule has 11 N–H and O–H groups in total. The summed E-state index contributed by atoms with van der Waals surface area (Å²) in [5.41, 5.74) is 22.7. The molecule has 352 valence electrons. The lowest BCUT2D eigenvalue weighted by Crippen LogP contribution is -2.64. The highest BCUT2D eigenvalue weighted by Gasteiger charge is 2.44. The Morgan fingerprint density at radius 2 is 1.11 bits per heavy atom. The third-order valence-electron chi connectivity index (χ3n) is 6.33. The summed E-state index contributed by atoms with van der Waals surface area (Å²) >= 11 is 10.1. The zero-order chi connectivity index (χ0) is 47.0. The Balaban J connectivity index is -0.000000345. The Labute approximate surface area is 357 Å². The van der Waals surface area contributed by atoms with Crippen molar-refractivity contribution in [2.45, 2.75) is 96.4 Å². The van der Waals surface area contributed by atoms with Gasteiger partial charge in [0.25, 0.3) is 0 Å². The van der Waals surface area contributed by atoms with E-state index in [2.05, 4.69) is 54.4 Å². The molecule has 0 radical (unpaired) electrons. The predicted octanol–water partition coefficient (Wildman–Crippen LogP) is -0.590. The standard InChI is InChI=1S/C8H14N4O6.C7H11N3O4.C6H12ClNO5.C5H9ClO2.C2H3N3O2.CH4/c9-12-10-1-4(14)11-5-7(16)6(15)3(2-13)18-8(5)17;1-5(2)4-13-7(12)14-6(11)3-9-10-8;7-8-3-5(11)4(10)2(1-9)13-6(3)12;1-4(2)3-8-5(6)7;3-5-4-1-2(6)7;/h3,5-8,13,15-17H,1-2H2,(H,11,14);5H,3-4H2,1-2H3;2-6,8-12H,1H2;4H,3H2,1-2H3;1H2,(H,6,7);1H4/t3?,5?,6-,7-,8?;;2?,3?,4-,5-,6?;;;/m1.1.../s1. The van der Waals surface area contributed by atoms with E-state index in [1.807, 2.05) is 27.7 Å². The fraction of sp³-hybridized carbons (Fsp3) is 0.828. The van der Waals surface area contributed by atoms with Crippen LogP contribution in [0.4, 0.5) is 9.59 Å². The molecule has 0 aromatic heterocycles. The van der Waals surface area contributed by atoms with Crippen molar-refractivity contribution in [3.05, 3.63) is 31.3 Å². The zero-order valence-electron chi connectivity index (χ0n) is 32.3. The second kappa shape index (κ2) is 37.2. The number of carbonyl (C=O) groups excluding carboxylic acids is 4. The summed E-state index contributed by atoms with van der Waals surface area (Å²) in [5.74, 6) is -2.27. The van der Waals surface area contributed by atoms with Gasteiger partial charge in [-0.2, -0.15) is 0 Å². The molecular weight excluding hydrogens is 877 g/mol. The minimum atomic E-state index is -1.59. The maximum atomic E-state index is 11.2. The van der Waals surface area contributed by atoms with E-state index >= 15 is 0 Å². The highest BCUT2D eigenvalue weighted by Crippen LogP contribution is 2.20. The van der Waals surface area contributed by atoms with Crippen molar-refractivity contribution in [1.82, 2.24) is 10.2 Å². The first kappa shape index (κ1) is 63.1. The molecule has 2 aliphatic heterocycles. The monoisotopic (exact) mass is 929 g/mol. The van der Waals surface area contributed by atoms with Gasteiger partial charge in [-0.1, -0.05) is 50.5 Å². The van der Waals surface area contributed by atoms with E-state index in [0.29, 0.717) is 12.5 Å². The first-order valence-corrected chi connectivity index (χ1v) is 17.5. The van der Waals surface area contributed by atoms with Crippen LogP contribution in [0, 0.1) is 11.8 Å². The molecule has 0 aliphatic carbocycles. The van der Waals surface area contributed by atoms with E-state index in [1.54, 1.807) is 0 Å². The number of nitrogens with one attached hydrogen (secondary N) is 2. The summed E-state index contributed by atoms with van der Waals surface area (Å²) in [5, 5.41) is 92.7. The minimum absolute atomic E-state index is 0. The van der Waals surface area contributed by atoms with Gasteiger partial charge in [0.05, 0.1) is 26.4 Å². The van der Waals surface area contributed by atoms with E-state index < -0.39 is 124 Å². The van der Waals surface area contributed by atoms with Gasteiger partial charge in [-0.3, -0.25) is 14.4 Å². The van der Waals surface area contributed by atoms with Crippen molar-refractivity contribution in [2.75, 3.05) is 46.1 Å². The zero-order valence-corrected chi connectivity index (χ0v) is 33.8. The fourth-order valence-corrected chi connectivity index (χ4v) is 3.90. The molecule has 32 heteroatoms. The van der Waals surface area contributed by atoms with Crippen LogP contribution in [-0.4, -0.2) is 183 Å². The summed E-state index contributed by atoms with van der Waals surface area (Å²) in [6.45, 7) is 5.58. The van der Waals surface area contributed by atoms with Gasteiger partial charge in [-0.05, 0) is 40.2 Å². The van der Waals surface area contributed by atoms with E-state index in [-0.39, 0.29) is 20.0 Å². The van der Waals surface area contributed by atoms with Crippen LogP contribution in [-0.2, 0) is 38.1 Å². The number of hydrogen-bond acceptors (Lipinski definition) is 22. The van der Waals surface area contributed by atoms with Crippen molar-refractivity contribution in [1.29, 1.82) is 0 Å². The second-order valence-electron chi connectivity index (χ2n) is 12.1. The summed E-state index contributed by atoms with van der Waals surface area (Å²) < 4.78 is 22.7. The molecule has 2 heterocycles. The lowest BCUT2D eigenvalue weighted by molar-refractivity contribution is -0.253. The maximum absolute atomic E-state index is 11.2. The Morgan fingerprint density at radius 3 is 1.48 bits per heavy atom. The van der Waals surface area contributed by atoms with Crippen LogP contribution in [0.5, 0.6) is 0 Å². The number of amides is 1. The van der Waals surface area contributed by atoms with Crippen molar-refractivity contribution in [2.24, 2.45) is 27.2 Å². The van der Waals surface area contributed by atoms with Crippen molar-refractivity contribution < 1.29 is 93.6 Å². The Bertz CT molecular complexity index is 1440. The van der Waals surface area contributed by atoms with Crippen LogP contribution in [0.25, 0.3) is 31.3 Å². The molecule has 0 bridgehead atoms. The highest BCUT2D eigenvalue weighted by atomic mass is 35.5. The molecule has 2 saturated heterocycles. The number of azide groups is 3. The van der Waals surface area contributed by atoms with Crippen molar-refractivity contribution >= 4 is 52.8 Å². The molecule has 2 aliphatic rings. The maximum Gasteiger partial charge on any atom is 0.516 e. The van der Waals surface area contributed by atoms with E-state index in [1.165, 1.54) is 0 Å². The van der Waals surface area contributed by atoms with E-state index in [0.717, 1.165) is 0 Å². The SMILES string of the molecule is C.CC(C)COC(=O)Cl.CC(C)COC(=O)OC(=O)CN=[N+]=[N-].OCC1OC(O)C(NCl)[C@@H](O)[C@@H]1O.[N-]=[N+]=NCC(=O)NC1C(O)OC(CO)[C@@H](O)[C@@H]1O.[N-]=[N+]=NCC(=O)O. The third-order valence-corrected chi connectivity index (χ3v) is 6.69. The first-order chi connectivity index (χ1) is 28.1. The van der Waals surface area contributed by atoms with Gasteiger partial charge >= 0.3 is 23.5 Å². The molecule has 6 unspecified atom stereocenters. The summed E-state index contributed by atoms with van der Waals surface area (Å²) in [6.07, 6.45) is -11.7. The van der Waals surface area contributed by atoms with Gasteiger partial charge in [0.1, 0.15) is 68.3 Å². The number of aliphatic hydroxyl groups excluding tert-OH is 8. The number of carboxylic acids is 1. The minimum Gasteiger partial charge on any atom is -0.481 e. The number of ether oxygens (including phenoxy) is 5. The highest BCUT2D eigenvalue weighted by molar-refractivity contribution is 6.61. The van der Waals surface area contributed by atoms with Gasteiger partial charge in [-0.25, -0.2) is 14.4 Å². The first-order valence-electron chi connectivity index (χ1n) is 16.8. The van der Waals surface area contributed by atoms with Gasteiger partial charge in [-0.15, -0.1) is 0 Å². The molecule has 1 amide bonds. The quantitative estimate of drug-likeness (QED) is 0.0197. The molecule has 0 aromatic carbocycles. The summed E-state index contributed by atoms with van der Waals surface area (Å²) in [6, 6.07) is -2.25. The largest absolute Gasteiger partial charge is 0.516 e. The average Bonchev–Trinajstić information content (AvgIpc) is 3.19. The normalized spacial score (nSPS) is 24.5. The third kappa shape index (κ3) is 31.0. The van der Waals surface area contributed by atoms with Gasteiger partial charge in [0.2, 0.25) is 5.91 Å². The van der Waals surface area contributed by atoms with Crippen LogP contribution in [0.3, 0.4) is 0 Å². The molecule has 0 saturated carbocycles. The Hall–Kier alpha value is -4.58. The predicted molar refractivity (Wildman–Crippen MR) is 205 cm³/mol. The summed E-state index contributed by atoms with van der Waals surface area (Å²) in [4.78, 5) is 61.0. The number of hydrogen-bond donors (Lipinski definition) is 11. The molecule has 10 atom stereocenters. The molecule has 2 rings (SSSR count). The number of aliphatic hydroxyl groups is 8. The molecule has 0 aromatic rings. The lowest BCUT2D eigenvalue weighted by Gasteiger charge is -2.40. The molecule has 30 nitrogen and oxygen atoms in total. The van der Waals surface area contributed by atoms with Gasteiger partial charge < -0.3 is 75.0 Å². The van der Waals surface area contributed by atoms with Gasteiger partial charge in [0, 0.05) is 26.3 Å². The number of carbonyl (C=O) groups is 5. The molecular formula is C29H53Cl2N11O19. The molecule has 2 fully saturated rings. The van der Waals surface area contributed by atoms with Crippen LogP contribution in [0.2, 0.25) is 0 Å². The van der Waals surface area contributed by atoms with Crippen LogP contribution in [0.15, 0.2) is 15.3 Å². The van der Waals surface area contributed by atoms with Crippen LogP contribution in [0.1, 0.15) is 35.1 Å². The fourth-order valence-electron chi connectivity index (χ4n) is 3.60. The van der Waals surface area contributed by atoms with Crippen LogP contribution < -0.4 is 10.2 Å². The topological polar surface area (TPSA) is 484 Å². The van der Waals surface area contributed by atoms with Crippen LogP contribution >= 0.6 is 23.4 Å². The molecule has 0 spiro atoms. The lowest BCUT2D eigenvalue weighted by atomic mass is 9.97. The van der Waals surface area contributed by atoms with Gasteiger partial charge in [0.15, 0.2) is 12.6 Å². The smallest absolute Gasteiger partial charge is 0.481 e. The Kier molecular flexibility index (Phi) is 38.5. The number of halogens is 2. The number of rotatable bonds is 14. The second-order valence-corrected chi connectivity index (χ2v) is 12.6. The Morgan fingerprint density at radius 1 is 0.705 bits per heavy atom.